The van der Waals surface area contributed by atoms with Gasteiger partial charge in [0.1, 0.15) is 11.6 Å². The molecule has 2 fully saturated rings. The lowest BCUT2D eigenvalue weighted by molar-refractivity contribution is -0.138. The number of fused-ring (bicyclic) bond motifs is 4. The van der Waals surface area contributed by atoms with E-state index in [4.69, 9.17) is 23.2 Å². The Morgan fingerprint density at radius 3 is 2.24 bits per heavy atom. The molecule has 0 radical (unpaired) electrons. The lowest BCUT2D eigenvalue weighted by Crippen LogP contribution is -2.53. The number of phenolic OH excluding ortho intramolecular Hbond substituents is 1. The summed E-state index contributed by atoms with van der Waals surface area (Å²) in [6, 6.07) is 23.9. The maximum atomic E-state index is 15.1. The molecule has 2 amide bonds. The Bertz CT molecular complexity index is 2320. The van der Waals surface area contributed by atoms with Gasteiger partial charge in [0.25, 0.3) is 11.8 Å². The number of aromatic hydroxyl groups is 1. The van der Waals surface area contributed by atoms with Crippen LogP contribution in [0.25, 0.3) is 5.69 Å². The molecule has 10 nitrogen and oxygen atoms in total. The average Bonchev–Trinajstić information content (AvgIpc) is 3.48. The zero-order valence-corrected chi connectivity index (χ0v) is 27.0. The van der Waals surface area contributed by atoms with E-state index in [1.54, 1.807) is 66.7 Å². The van der Waals surface area contributed by atoms with E-state index in [1.807, 2.05) is 0 Å². The molecule has 3 aliphatic rings. The maximum absolute atomic E-state index is 15.1. The predicted molar refractivity (Wildman–Crippen MR) is 180 cm³/mol. The minimum absolute atomic E-state index is 0.0153. The topological polar surface area (TPSA) is 119 Å². The first-order valence-electron chi connectivity index (χ1n) is 15.5. The summed E-state index contributed by atoms with van der Waals surface area (Å²) in [5.74, 6) is -4.07. The number of hydrogen-bond acceptors (Lipinski definition) is 6. The highest BCUT2D eigenvalue weighted by atomic mass is 35.5. The molecule has 1 aliphatic carbocycles. The van der Waals surface area contributed by atoms with Gasteiger partial charge >= 0.3 is 11.4 Å². The van der Waals surface area contributed by atoms with Gasteiger partial charge in [0, 0.05) is 21.5 Å². The molecule has 49 heavy (non-hydrogen) atoms. The van der Waals surface area contributed by atoms with Crippen LogP contribution < -0.4 is 16.8 Å². The largest absolute Gasteiger partial charge is 0.508 e. The summed E-state index contributed by atoms with van der Waals surface area (Å²) in [5, 5.41) is 13.0. The van der Waals surface area contributed by atoms with Gasteiger partial charge in [-0.05, 0) is 84.3 Å². The molecule has 0 bridgehead atoms. The number of carbonyl (C=O) groups is 2. The molecule has 2 aliphatic heterocycles. The standard InChI is InChI=1S/C36H26Cl2FN5O5/c37-21-8-6-20(7-9-21)36-28(32(46)43(33(36)47)40-24-13-11-23(39)12-14-24)19-29-26(31(36)27-18-22(38)10-15-30(27)45)16-17-41-34(48)42(35(49)44(29)41)25-4-2-1-3-5-25/h1-16,18,28-29,31,40,45H,17,19H2. The molecular formula is C36H26Cl2FN5O5. The smallest absolute Gasteiger partial charge is 0.352 e. The van der Waals surface area contributed by atoms with Crippen molar-refractivity contribution in [1.82, 2.24) is 18.9 Å². The number of phenols is 1. The first-order valence-corrected chi connectivity index (χ1v) is 16.2. The lowest BCUT2D eigenvalue weighted by Gasteiger charge is -2.49. The fourth-order valence-electron chi connectivity index (χ4n) is 7.82. The van der Waals surface area contributed by atoms with Crippen LogP contribution in [0.1, 0.15) is 29.5 Å². The zero-order valence-electron chi connectivity index (χ0n) is 25.5. The highest BCUT2D eigenvalue weighted by Crippen LogP contribution is 2.63. The summed E-state index contributed by atoms with van der Waals surface area (Å²) >= 11 is 12.8. The van der Waals surface area contributed by atoms with Crippen molar-refractivity contribution in [2.75, 3.05) is 5.43 Å². The van der Waals surface area contributed by atoms with Crippen molar-refractivity contribution in [1.29, 1.82) is 0 Å². The number of rotatable bonds is 5. The van der Waals surface area contributed by atoms with Crippen molar-refractivity contribution in [3.8, 4) is 11.4 Å². The van der Waals surface area contributed by atoms with Gasteiger partial charge in [0.15, 0.2) is 0 Å². The van der Waals surface area contributed by atoms with Crippen LogP contribution in [0.4, 0.5) is 10.1 Å². The number of halogens is 3. The van der Waals surface area contributed by atoms with Gasteiger partial charge in [-0.1, -0.05) is 59.6 Å². The van der Waals surface area contributed by atoms with Crippen LogP contribution in [0.5, 0.6) is 5.75 Å². The third-order valence-electron chi connectivity index (χ3n) is 9.83. The molecule has 4 aromatic carbocycles. The van der Waals surface area contributed by atoms with E-state index in [1.165, 1.54) is 45.8 Å². The minimum Gasteiger partial charge on any atom is -0.508 e. The number of allylic oxidation sites excluding steroid dienone is 2. The number of carbonyl (C=O) groups excluding carboxylic acids is 2. The Labute approximate surface area is 287 Å². The van der Waals surface area contributed by atoms with Crippen molar-refractivity contribution in [2.24, 2.45) is 5.92 Å². The van der Waals surface area contributed by atoms with Crippen LogP contribution in [0.15, 0.2) is 118 Å². The Morgan fingerprint density at radius 1 is 0.837 bits per heavy atom. The summed E-state index contributed by atoms with van der Waals surface area (Å²) in [6.07, 6.45) is 1.74. The molecule has 1 aromatic heterocycles. The minimum atomic E-state index is -1.67. The number of anilines is 1. The highest BCUT2D eigenvalue weighted by molar-refractivity contribution is 6.31. The molecule has 4 unspecified atom stereocenters. The second kappa shape index (κ2) is 11.4. The molecule has 2 N–H and O–H groups in total. The van der Waals surface area contributed by atoms with Crippen LogP contribution in [-0.4, -0.2) is 35.9 Å². The summed E-state index contributed by atoms with van der Waals surface area (Å²) < 4.78 is 17.5. The third-order valence-corrected chi connectivity index (χ3v) is 10.3. The molecule has 4 atom stereocenters. The first-order chi connectivity index (χ1) is 23.6. The van der Waals surface area contributed by atoms with Crippen LogP contribution in [-0.2, 0) is 21.5 Å². The second-order valence-electron chi connectivity index (χ2n) is 12.3. The summed E-state index contributed by atoms with van der Waals surface area (Å²) in [6.45, 7) is -0.0153. The second-order valence-corrected chi connectivity index (χ2v) is 13.2. The lowest BCUT2D eigenvalue weighted by atomic mass is 9.53. The Hall–Kier alpha value is -5.39. The Morgan fingerprint density at radius 2 is 1.53 bits per heavy atom. The van der Waals surface area contributed by atoms with E-state index in [2.05, 4.69) is 5.43 Å². The van der Waals surface area contributed by atoms with Crippen molar-refractivity contribution >= 4 is 40.7 Å². The predicted octanol–water partition coefficient (Wildman–Crippen LogP) is 5.57. The zero-order chi connectivity index (χ0) is 34.2. The quantitative estimate of drug-likeness (QED) is 0.183. The highest BCUT2D eigenvalue weighted by Gasteiger charge is 2.69. The maximum Gasteiger partial charge on any atom is 0.352 e. The Balaban J connectivity index is 1.39. The van der Waals surface area contributed by atoms with Crippen molar-refractivity contribution in [3.63, 3.8) is 0 Å². The molecule has 1 saturated carbocycles. The molecule has 1 saturated heterocycles. The van der Waals surface area contributed by atoms with Gasteiger partial charge in [0.2, 0.25) is 0 Å². The summed E-state index contributed by atoms with van der Waals surface area (Å²) in [5.41, 5.74) is 1.97. The molecule has 3 heterocycles. The summed E-state index contributed by atoms with van der Waals surface area (Å²) in [4.78, 5) is 57.7. The van der Waals surface area contributed by atoms with E-state index in [0.717, 1.165) is 9.58 Å². The number of imide groups is 1. The van der Waals surface area contributed by atoms with Crippen molar-refractivity contribution < 1.29 is 19.1 Å². The summed E-state index contributed by atoms with van der Waals surface area (Å²) in [7, 11) is 0. The number of hydrazine groups is 1. The van der Waals surface area contributed by atoms with Crippen LogP contribution in [0.2, 0.25) is 10.0 Å². The molecule has 5 aromatic rings. The first kappa shape index (κ1) is 30.9. The number of benzene rings is 4. The number of hydrogen-bond donors (Lipinski definition) is 2. The van der Waals surface area contributed by atoms with Gasteiger partial charge < -0.3 is 5.11 Å². The monoisotopic (exact) mass is 697 g/mol. The van der Waals surface area contributed by atoms with E-state index in [0.29, 0.717) is 21.8 Å². The molecular weight excluding hydrogens is 672 g/mol. The molecule has 0 spiro atoms. The number of para-hydroxylation sites is 1. The Kier molecular flexibility index (Phi) is 7.16. The van der Waals surface area contributed by atoms with E-state index < -0.39 is 52.3 Å². The van der Waals surface area contributed by atoms with Crippen molar-refractivity contribution in [3.05, 3.63) is 157 Å². The average molecular weight is 699 g/mol. The van der Waals surface area contributed by atoms with Crippen LogP contribution in [0.3, 0.4) is 0 Å². The molecule has 8 rings (SSSR count). The van der Waals surface area contributed by atoms with Crippen molar-refractivity contribution in [2.45, 2.75) is 30.3 Å². The number of nitrogens with zero attached hydrogens (tertiary/aromatic N) is 4. The fraction of sp³-hybridized carbons (Fsp3) is 0.167. The normalized spacial score (nSPS) is 22.7. The van der Waals surface area contributed by atoms with Gasteiger partial charge in [-0.25, -0.2) is 27.9 Å². The van der Waals surface area contributed by atoms with E-state index in [9.17, 15) is 23.9 Å². The number of aromatic nitrogens is 3. The van der Waals surface area contributed by atoms with E-state index >= 15 is 4.79 Å². The van der Waals surface area contributed by atoms with Crippen LogP contribution in [0, 0.1) is 11.7 Å². The number of amides is 2. The fourth-order valence-corrected chi connectivity index (χ4v) is 8.12. The van der Waals surface area contributed by atoms with E-state index in [-0.39, 0.29) is 35.0 Å². The molecule has 13 heteroatoms. The van der Waals surface area contributed by atoms with Gasteiger partial charge in [0.05, 0.1) is 35.3 Å². The van der Waals surface area contributed by atoms with Gasteiger partial charge in [-0.2, -0.15) is 5.01 Å². The SMILES string of the molecule is O=C1C2CC3C(=CCn4c(=O)n(-c5ccccc5)c(=O)n43)C(c3cc(Cl)ccc3O)C2(c2ccc(Cl)cc2)C(=O)N1Nc1ccc(F)cc1. The van der Waals surface area contributed by atoms with Crippen LogP contribution >= 0.6 is 23.2 Å². The van der Waals surface area contributed by atoms with Gasteiger partial charge in [-0.3, -0.25) is 15.0 Å². The van der Waals surface area contributed by atoms with Gasteiger partial charge in [-0.15, -0.1) is 0 Å². The number of nitrogens with one attached hydrogen (secondary N) is 1. The molecule has 246 valence electrons. The third kappa shape index (κ3) is 4.53.